The van der Waals surface area contributed by atoms with Gasteiger partial charge in [-0.25, -0.2) is 13.4 Å². The van der Waals surface area contributed by atoms with Crippen molar-refractivity contribution in [3.8, 4) is 0 Å². The molecule has 0 radical (unpaired) electrons. The Morgan fingerprint density at radius 3 is 2.75 bits per heavy atom. The number of aromatic nitrogens is 2. The van der Waals surface area contributed by atoms with Crippen LogP contribution in [0.25, 0.3) is 11.0 Å². The topological polar surface area (TPSA) is 78.0 Å². The van der Waals surface area contributed by atoms with Crippen molar-refractivity contribution in [1.82, 2.24) is 9.55 Å². The van der Waals surface area contributed by atoms with Gasteiger partial charge in [-0.05, 0) is 36.8 Å². The maximum Gasteiger partial charge on any atom is 0.201 e. The molecule has 3 rings (SSSR count). The molecule has 1 aromatic carbocycles. The first-order valence-corrected chi connectivity index (χ1v) is 8.72. The predicted octanol–water partition coefficient (Wildman–Crippen LogP) is 2.07. The van der Waals surface area contributed by atoms with E-state index in [1.54, 1.807) is 12.1 Å². The van der Waals surface area contributed by atoms with E-state index in [2.05, 4.69) is 11.9 Å². The Bertz CT molecular complexity index is 760. The number of benzene rings is 1. The fraction of sp³-hybridized carbons (Fsp3) is 0.500. The van der Waals surface area contributed by atoms with Crippen molar-refractivity contribution in [1.29, 1.82) is 0 Å². The number of anilines is 1. The molecule has 1 unspecified atom stereocenters. The van der Waals surface area contributed by atoms with Crippen molar-refractivity contribution in [3.05, 3.63) is 18.2 Å². The van der Waals surface area contributed by atoms with Crippen LogP contribution in [0.1, 0.15) is 19.8 Å². The molecule has 108 valence electrons. The van der Waals surface area contributed by atoms with Gasteiger partial charge in [0, 0.05) is 12.8 Å². The Balaban J connectivity index is 2.11. The third-order valence-electron chi connectivity index (χ3n) is 4.07. The summed E-state index contributed by atoms with van der Waals surface area (Å²) in [7, 11) is -3.30. The Kier molecular flexibility index (Phi) is 3.01. The minimum atomic E-state index is -3.30. The largest absolute Gasteiger partial charge is 0.369 e. The van der Waals surface area contributed by atoms with Crippen molar-refractivity contribution in [2.75, 3.05) is 12.0 Å². The summed E-state index contributed by atoms with van der Waals surface area (Å²) in [5.74, 6) is 1.70. The zero-order valence-corrected chi connectivity index (χ0v) is 12.5. The molecular formula is C14H19N3O2S. The second-order valence-electron chi connectivity index (χ2n) is 5.79. The average molecular weight is 293 g/mol. The Morgan fingerprint density at radius 1 is 1.45 bits per heavy atom. The van der Waals surface area contributed by atoms with Gasteiger partial charge in [0.1, 0.15) is 5.52 Å². The van der Waals surface area contributed by atoms with Gasteiger partial charge in [0.05, 0.1) is 10.4 Å². The molecule has 0 amide bonds. The van der Waals surface area contributed by atoms with Crippen LogP contribution in [-0.2, 0) is 16.4 Å². The number of para-hydroxylation sites is 1. The van der Waals surface area contributed by atoms with Crippen molar-refractivity contribution < 1.29 is 8.42 Å². The van der Waals surface area contributed by atoms with Crippen molar-refractivity contribution in [2.24, 2.45) is 11.8 Å². The van der Waals surface area contributed by atoms with Crippen molar-refractivity contribution in [3.63, 3.8) is 0 Å². The highest BCUT2D eigenvalue weighted by molar-refractivity contribution is 7.91. The molecule has 6 heteroatoms. The second kappa shape index (κ2) is 4.48. The fourth-order valence-corrected chi connectivity index (χ4v) is 3.56. The molecule has 1 heterocycles. The molecule has 1 aliphatic carbocycles. The van der Waals surface area contributed by atoms with Crippen LogP contribution >= 0.6 is 0 Å². The monoisotopic (exact) mass is 293 g/mol. The summed E-state index contributed by atoms with van der Waals surface area (Å²) in [6, 6.07) is 5.21. The van der Waals surface area contributed by atoms with Gasteiger partial charge >= 0.3 is 0 Å². The number of nitrogen functional groups attached to an aromatic ring is 1. The number of fused-ring (bicyclic) bond motifs is 1. The summed E-state index contributed by atoms with van der Waals surface area (Å²) >= 11 is 0. The van der Waals surface area contributed by atoms with Gasteiger partial charge < -0.3 is 10.3 Å². The van der Waals surface area contributed by atoms with E-state index in [1.165, 1.54) is 19.1 Å². The first kappa shape index (κ1) is 13.4. The lowest BCUT2D eigenvalue weighted by Crippen LogP contribution is -2.11. The van der Waals surface area contributed by atoms with Crippen molar-refractivity contribution in [2.45, 2.75) is 31.2 Å². The van der Waals surface area contributed by atoms with E-state index in [1.807, 2.05) is 10.6 Å². The van der Waals surface area contributed by atoms with Crippen LogP contribution < -0.4 is 5.73 Å². The smallest absolute Gasteiger partial charge is 0.201 e. The minimum absolute atomic E-state index is 0.250. The maximum atomic E-state index is 11.8. The number of nitrogens with zero attached hydrogens (tertiary/aromatic N) is 2. The molecule has 2 N–H and O–H groups in total. The predicted molar refractivity (Wildman–Crippen MR) is 79.1 cm³/mol. The first-order chi connectivity index (χ1) is 9.38. The Labute approximate surface area is 118 Å². The van der Waals surface area contributed by atoms with Crippen LogP contribution in [0.15, 0.2) is 23.1 Å². The van der Waals surface area contributed by atoms with Gasteiger partial charge in [-0.15, -0.1) is 0 Å². The third kappa shape index (κ3) is 2.28. The summed E-state index contributed by atoms with van der Waals surface area (Å²) in [5, 5.41) is 0. The molecule has 0 spiro atoms. The van der Waals surface area contributed by atoms with E-state index in [9.17, 15) is 8.42 Å². The lowest BCUT2D eigenvalue weighted by Gasteiger charge is -2.13. The minimum Gasteiger partial charge on any atom is -0.369 e. The lowest BCUT2D eigenvalue weighted by atomic mass is 10.1. The molecule has 2 aromatic rings. The molecule has 0 saturated heterocycles. The van der Waals surface area contributed by atoms with Gasteiger partial charge in [0.25, 0.3) is 0 Å². The normalized spacial score (nSPS) is 17.5. The summed E-state index contributed by atoms with van der Waals surface area (Å²) in [4.78, 5) is 4.52. The van der Waals surface area contributed by atoms with Gasteiger partial charge in [-0.3, -0.25) is 0 Å². The zero-order chi connectivity index (χ0) is 14.5. The molecule has 0 bridgehead atoms. The summed E-state index contributed by atoms with van der Waals surface area (Å²) in [6.07, 6.45) is 3.76. The van der Waals surface area contributed by atoms with Gasteiger partial charge in [0.2, 0.25) is 5.95 Å². The lowest BCUT2D eigenvalue weighted by molar-refractivity contribution is 0.439. The average Bonchev–Trinajstić information content (AvgIpc) is 3.15. The number of hydrogen-bond acceptors (Lipinski definition) is 4. The number of rotatable bonds is 4. The van der Waals surface area contributed by atoms with E-state index in [0.29, 0.717) is 17.4 Å². The fourth-order valence-electron chi connectivity index (χ4n) is 2.73. The number of nitrogens with two attached hydrogens (primary N) is 1. The standard InChI is InChI=1S/C14H19N3O2S/c1-9(10-6-7-10)8-17-11-4-3-5-12(20(2,18)19)13(11)16-14(17)15/h3-5,9-10H,6-8H2,1-2H3,(H2,15,16). The van der Waals surface area contributed by atoms with Crippen LogP contribution in [0.4, 0.5) is 5.95 Å². The third-order valence-corrected chi connectivity index (χ3v) is 5.20. The molecule has 5 nitrogen and oxygen atoms in total. The first-order valence-electron chi connectivity index (χ1n) is 6.82. The molecule has 1 atom stereocenters. The van der Waals surface area contributed by atoms with Gasteiger partial charge in [-0.1, -0.05) is 13.0 Å². The number of hydrogen-bond donors (Lipinski definition) is 1. The SMILES string of the molecule is CC(Cn1c(N)nc2c(S(C)(=O)=O)cccc21)C1CC1. The van der Waals surface area contributed by atoms with E-state index in [0.717, 1.165) is 18.0 Å². The molecule has 1 aliphatic rings. The highest BCUT2D eigenvalue weighted by Gasteiger charge is 2.29. The quantitative estimate of drug-likeness (QED) is 0.936. The molecular weight excluding hydrogens is 274 g/mol. The highest BCUT2D eigenvalue weighted by Crippen LogP contribution is 2.38. The highest BCUT2D eigenvalue weighted by atomic mass is 32.2. The van der Waals surface area contributed by atoms with Crippen molar-refractivity contribution >= 4 is 26.8 Å². The van der Waals surface area contributed by atoms with E-state index in [-0.39, 0.29) is 4.90 Å². The van der Waals surface area contributed by atoms with Crippen LogP contribution in [0.3, 0.4) is 0 Å². The molecule has 20 heavy (non-hydrogen) atoms. The summed E-state index contributed by atoms with van der Waals surface area (Å²) in [5.41, 5.74) is 7.28. The van der Waals surface area contributed by atoms with Crippen LogP contribution in [0, 0.1) is 11.8 Å². The van der Waals surface area contributed by atoms with E-state index < -0.39 is 9.84 Å². The summed E-state index contributed by atoms with van der Waals surface area (Å²) in [6.45, 7) is 3.00. The van der Waals surface area contributed by atoms with Crippen LogP contribution in [-0.4, -0.2) is 24.2 Å². The molecule has 1 saturated carbocycles. The van der Waals surface area contributed by atoms with Gasteiger partial charge in [-0.2, -0.15) is 0 Å². The second-order valence-corrected chi connectivity index (χ2v) is 7.78. The number of imidazole rings is 1. The summed E-state index contributed by atoms with van der Waals surface area (Å²) < 4.78 is 25.6. The Hall–Kier alpha value is -1.56. The van der Waals surface area contributed by atoms with E-state index in [4.69, 9.17) is 5.73 Å². The molecule has 1 aromatic heterocycles. The maximum absolute atomic E-state index is 11.8. The van der Waals surface area contributed by atoms with Crippen LogP contribution in [0.2, 0.25) is 0 Å². The van der Waals surface area contributed by atoms with Crippen LogP contribution in [0.5, 0.6) is 0 Å². The number of sulfone groups is 1. The molecule has 0 aliphatic heterocycles. The van der Waals surface area contributed by atoms with Gasteiger partial charge in [0.15, 0.2) is 9.84 Å². The van der Waals surface area contributed by atoms with E-state index >= 15 is 0 Å². The molecule has 1 fully saturated rings. The Morgan fingerprint density at radius 2 is 2.15 bits per heavy atom. The zero-order valence-electron chi connectivity index (χ0n) is 11.7.